The van der Waals surface area contributed by atoms with Crippen LogP contribution in [0.1, 0.15) is 20.9 Å². The Morgan fingerprint density at radius 3 is 2.54 bits per heavy atom. The van der Waals surface area contributed by atoms with Gasteiger partial charge in [0.1, 0.15) is 5.01 Å². The van der Waals surface area contributed by atoms with Crippen LogP contribution in [-0.2, 0) is 6.42 Å². The van der Waals surface area contributed by atoms with Crippen molar-refractivity contribution in [3.63, 3.8) is 0 Å². The number of halogens is 1. The normalized spacial score (nSPS) is 10.6. The Labute approximate surface area is 150 Å². The Hall–Kier alpha value is -2.17. The molecule has 122 valence electrons. The Balaban J connectivity index is 1.62. The minimum Gasteiger partial charge on any atom is -0.352 e. The van der Waals surface area contributed by atoms with Gasteiger partial charge in [0.25, 0.3) is 5.91 Å². The molecule has 0 saturated carbocycles. The third kappa shape index (κ3) is 4.02. The second-order valence-electron chi connectivity index (χ2n) is 5.41. The summed E-state index contributed by atoms with van der Waals surface area (Å²) in [4.78, 5) is 17.9. The molecule has 3 aromatic rings. The van der Waals surface area contributed by atoms with Gasteiger partial charge in [-0.1, -0.05) is 41.9 Å². The van der Waals surface area contributed by atoms with E-state index >= 15 is 0 Å². The summed E-state index contributed by atoms with van der Waals surface area (Å²) >= 11 is 7.59. The van der Waals surface area contributed by atoms with E-state index < -0.39 is 0 Å². The molecule has 5 heteroatoms. The van der Waals surface area contributed by atoms with E-state index in [0.29, 0.717) is 12.1 Å². The van der Waals surface area contributed by atoms with E-state index in [1.807, 2.05) is 61.5 Å². The first-order valence-electron chi connectivity index (χ1n) is 7.69. The van der Waals surface area contributed by atoms with Gasteiger partial charge in [-0.3, -0.25) is 4.79 Å². The Morgan fingerprint density at radius 1 is 1.12 bits per heavy atom. The fourth-order valence-corrected chi connectivity index (χ4v) is 3.55. The number of rotatable bonds is 5. The zero-order chi connectivity index (χ0) is 16.9. The molecule has 3 nitrogen and oxygen atoms in total. The van der Waals surface area contributed by atoms with Crippen LogP contribution in [0.15, 0.2) is 54.6 Å². The van der Waals surface area contributed by atoms with Crippen LogP contribution in [0.5, 0.6) is 0 Å². The Bertz CT molecular complexity index is 828. The number of aryl methyl sites for hydroxylation is 1. The van der Waals surface area contributed by atoms with Crippen LogP contribution in [-0.4, -0.2) is 17.4 Å². The number of nitrogens with one attached hydrogen (secondary N) is 1. The maximum absolute atomic E-state index is 12.0. The number of hydrogen-bond acceptors (Lipinski definition) is 3. The Morgan fingerprint density at radius 2 is 1.83 bits per heavy atom. The highest BCUT2D eigenvalue weighted by Crippen LogP contribution is 2.28. The van der Waals surface area contributed by atoms with Gasteiger partial charge < -0.3 is 5.32 Å². The lowest BCUT2D eigenvalue weighted by atomic mass is 10.2. The summed E-state index contributed by atoms with van der Waals surface area (Å²) in [5.74, 6) is -0.0457. The molecule has 0 spiro atoms. The zero-order valence-electron chi connectivity index (χ0n) is 13.3. The molecule has 24 heavy (non-hydrogen) atoms. The number of carbonyl (C=O) groups is 1. The molecule has 1 heterocycles. The quantitative estimate of drug-likeness (QED) is 0.717. The summed E-state index contributed by atoms with van der Waals surface area (Å²) < 4.78 is 0. The van der Waals surface area contributed by atoms with Crippen LogP contribution in [0.3, 0.4) is 0 Å². The number of carbonyl (C=O) groups excluding carboxylic acids is 1. The predicted octanol–water partition coefficient (Wildman–Crippen LogP) is 4.74. The Kier molecular flexibility index (Phi) is 5.28. The molecule has 0 saturated heterocycles. The van der Waals surface area contributed by atoms with E-state index in [1.54, 1.807) is 11.3 Å². The fourth-order valence-electron chi connectivity index (χ4n) is 2.36. The molecule has 0 aliphatic rings. The smallest absolute Gasteiger partial charge is 0.251 e. The van der Waals surface area contributed by atoms with Gasteiger partial charge in [0.2, 0.25) is 0 Å². The number of thiazole rings is 1. The van der Waals surface area contributed by atoms with Gasteiger partial charge in [-0.25, -0.2) is 4.98 Å². The molecule has 1 amide bonds. The van der Waals surface area contributed by atoms with Crippen molar-refractivity contribution in [2.75, 3.05) is 6.54 Å². The monoisotopic (exact) mass is 356 g/mol. The van der Waals surface area contributed by atoms with Crippen molar-refractivity contribution >= 4 is 28.8 Å². The number of hydrogen-bond donors (Lipinski definition) is 1. The SMILES string of the molecule is Cc1nc(-c2ccc(Cl)cc2)sc1CCNC(=O)c1ccccc1. The van der Waals surface area contributed by atoms with Crippen molar-refractivity contribution in [2.45, 2.75) is 13.3 Å². The molecule has 0 aliphatic heterocycles. The van der Waals surface area contributed by atoms with Gasteiger partial charge in [0.05, 0.1) is 5.69 Å². The standard InChI is InChI=1S/C19H17ClN2OS/c1-13-17(11-12-21-18(23)14-5-3-2-4-6-14)24-19(22-13)15-7-9-16(20)10-8-15/h2-10H,11-12H2,1H3,(H,21,23). The van der Waals surface area contributed by atoms with E-state index in [0.717, 1.165) is 27.7 Å². The predicted molar refractivity (Wildman–Crippen MR) is 99.8 cm³/mol. The van der Waals surface area contributed by atoms with Gasteiger partial charge >= 0.3 is 0 Å². The van der Waals surface area contributed by atoms with E-state index in [1.165, 1.54) is 4.88 Å². The van der Waals surface area contributed by atoms with Gasteiger partial charge in [-0.15, -0.1) is 11.3 Å². The van der Waals surface area contributed by atoms with Gasteiger partial charge in [0, 0.05) is 34.0 Å². The van der Waals surface area contributed by atoms with Gasteiger partial charge in [-0.05, 0) is 31.2 Å². The average molecular weight is 357 g/mol. The highest BCUT2D eigenvalue weighted by molar-refractivity contribution is 7.15. The summed E-state index contributed by atoms with van der Waals surface area (Å²) in [6, 6.07) is 16.9. The minimum absolute atomic E-state index is 0.0457. The van der Waals surface area contributed by atoms with Crippen molar-refractivity contribution in [3.05, 3.63) is 75.8 Å². The molecule has 0 bridgehead atoms. The topological polar surface area (TPSA) is 42.0 Å². The van der Waals surface area contributed by atoms with Crippen molar-refractivity contribution < 1.29 is 4.79 Å². The van der Waals surface area contributed by atoms with E-state index in [2.05, 4.69) is 10.3 Å². The lowest BCUT2D eigenvalue weighted by Crippen LogP contribution is -2.25. The molecule has 1 aromatic heterocycles. The molecule has 0 atom stereocenters. The molecular formula is C19H17ClN2OS. The summed E-state index contributed by atoms with van der Waals surface area (Å²) in [5, 5.41) is 4.65. The summed E-state index contributed by atoms with van der Waals surface area (Å²) in [7, 11) is 0. The molecule has 0 fully saturated rings. The molecule has 1 N–H and O–H groups in total. The summed E-state index contributed by atoms with van der Waals surface area (Å²) in [6.45, 7) is 2.60. The van der Waals surface area contributed by atoms with Crippen LogP contribution >= 0.6 is 22.9 Å². The third-order valence-corrected chi connectivity index (χ3v) is 5.18. The first kappa shape index (κ1) is 16.7. The molecule has 0 unspecified atom stereocenters. The number of amides is 1. The molecule has 2 aromatic carbocycles. The third-order valence-electron chi connectivity index (χ3n) is 3.66. The zero-order valence-corrected chi connectivity index (χ0v) is 14.8. The van der Waals surface area contributed by atoms with E-state index in [4.69, 9.17) is 11.6 Å². The average Bonchev–Trinajstić information content (AvgIpc) is 2.97. The highest BCUT2D eigenvalue weighted by Gasteiger charge is 2.10. The summed E-state index contributed by atoms with van der Waals surface area (Å²) in [6.07, 6.45) is 0.773. The minimum atomic E-state index is -0.0457. The molecule has 3 rings (SSSR count). The van der Waals surface area contributed by atoms with Gasteiger partial charge in [0.15, 0.2) is 0 Å². The maximum atomic E-state index is 12.0. The second kappa shape index (κ2) is 7.60. The van der Waals surface area contributed by atoms with Crippen molar-refractivity contribution in [2.24, 2.45) is 0 Å². The second-order valence-corrected chi connectivity index (χ2v) is 6.93. The number of nitrogens with zero attached hydrogens (tertiary/aromatic N) is 1. The van der Waals surface area contributed by atoms with Crippen molar-refractivity contribution in [1.29, 1.82) is 0 Å². The van der Waals surface area contributed by atoms with Gasteiger partial charge in [-0.2, -0.15) is 0 Å². The lowest BCUT2D eigenvalue weighted by Gasteiger charge is -2.04. The largest absolute Gasteiger partial charge is 0.352 e. The fraction of sp³-hybridized carbons (Fsp3) is 0.158. The van der Waals surface area contributed by atoms with Crippen LogP contribution in [0.2, 0.25) is 5.02 Å². The highest BCUT2D eigenvalue weighted by atomic mass is 35.5. The molecule has 0 radical (unpaired) electrons. The number of benzene rings is 2. The van der Waals surface area contributed by atoms with Crippen molar-refractivity contribution in [1.82, 2.24) is 10.3 Å². The maximum Gasteiger partial charge on any atom is 0.251 e. The summed E-state index contributed by atoms with van der Waals surface area (Å²) in [5.41, 5.74) is 2.76. The van der Waals surface area contributed by atoms with Crippen LogP contribution < -0.4 is 5.32 Å². The van der Waals surface area contributed by atoms with E-state index in [-0.39, 0.29) is 5.91 Å². The van der Waals surface area contributed by atoms with Crippen LogP contribution in [0.25, 0.3) is 10.6 Å². The number of aromatic nitrogens is 1. The van der Waals surface area contributed by atoms with Crippen LogP contribution in [0.4, 0.5) is 0 Å². The van der Waals surface area contributed by atoms with Crippen LogP contribution in [0, 0.1) is 6.92 Å². The van der Waals surface area contributed by atoms with E-state index in [9.17, 15) is 4.79 Å². The molecular weight excluding hydrogens is 340 g/mol. The molecule has 0 aliphatic carbocycles. The lowest BCUT2D eigenvalue weighted by molar-refractivity contribution is 0.0954. The first-order chi connectivity index (χ1) is 11.6. The van der Waals surface area contributed by atoms with Crippen molar-refractivity contribution in [3.8, 4) is 10.6 Å². The first-order valence-corrected chi connectivity index (χ1v) is 8.88.